The van der Waals surface area contributed by atoms with Crippen LogP contribution in [-0.4, -0.2) is 12.8 Å². The molecule has 0 amide bonds. The number of carbonyl (C=O) groups excluding carboxylic acids is 1. The van der Waals surface area contributed by atoms with Crippen molar-refractivity contribution in [2.75, 3.05) is 6.79 Å². The number of ether oxygens (including phenoxy) is 1. The van der Waals surface area contributed by atoms with Crippen LogP contribution in [0.2, 0.25) is 0 Å². The molecule has 0 fully saturated rings. The number of hydrogen-bond acceptors (Lipinski definition) is 3. The van der Waals surface area contributed by atoms with Crippen molar-refractivity contribution in [2.24, 2.45) is 0 Å². The Morgan fingerprint density at radius 2 is 2.50 bits per heavy atom. The Balaban J connectivity index is 3.11. The zero-order chi connectivity index (χ0) is 6.41. The molecule has 3 nitrogen and oxygen atoms in total. The fourth-order valence-electron chi connectivity index (χ4n) is 0.139. The molecule has 46 valence electrons. The molecule has 0 aliphatic heterocycles. The Kier molecular flexibility index (Phi) is 3.78. The third-order valence-electron chi connectivity index (χ3n) is 0.412. The maximum Gasteiger partial charge on any atom is 0.332 e. The van der Waals surface area contributed by atoms with Crippen molar-refractivity contribution < 1.29 is 19.0 Å². The molecular weight excluding hydrogens is 115 g/mol. The van der Waals surface area contributed by atoms with E-state index in [0.717, 1.165) is 6.08 Å². The van der Waals surface area contributed by atoms with Gasteiger partial charge < -0.3 is 4.74 Å². The average Bonchev–Trinajstić information content (AvgIpc) is 1.83. The second kappa shape index (κ2) is 4.26. The van der Waals surface area contributed by atoms with Gasteiger partial charge in [0.05, 0.1) is 0 Å². The highest BCUT2D eigenvalue weighted by molar-refractivity contribution is 5.81. The zero-order valence-corrected chi connectivity index (χ0v) is 4.09. The van der Waals surface area contributed by atoms with Crippen molar-refractivity contribution in [1.29, 1.82) is 0 Å². The summed E-state index contributed by atoms with van der Waals surface area (Å²) < 4.78 is 14.7. The van der Waals surface area contributed by atoms with Gasteiger partial charge in [-0.25, -0.2) is 4.79 Å². The van der Waals surface area contributed by atoms with E-state index in [4.69, 9.17) is 0 Å². The lowest BCUT2D eigenvalue weighted by molar-refractivity contribution is -0.210. The summed E-state index contributed by atoms with van der Waals surface area (Å²) in [5.41, 5.74) is 0. The maximum atomic E-state index is 10.7. The summed E-state index contributed by atoms with van der Waals surface area (Å²) in [5.74, 6) is -0.706. The average molecular weight is 120 g/mol. The van der Waals surface area contributed by atoms with Gasteiger partial charge in [0.25, 0.3) is 0 Å². The summed E-state index contributed by atoms with van der Waals surface area (Å²) in [7, 11) is 0. The quantitative estimate of drug-likeness (QED) is 0.310. The van der Waals surface area contributed by atoms with E-state index in [1.54, 1.807) is 0 Å². The van der Waals surface area contributed by atoms with Crippen LogP contribution in [0, 0.1) is 0 Å². The SMILES string of the molecule is C=CC(=O)OCOF. The van der Waals surface area contributed by atoms with Crippen LogP contribution in [-0.2, 0) is 14.5 Å². The van der Waals surface area contributed by atoms with Gasteiger partial charge in [-0.2, -0.15) is 4.94 Å². The lowest BCUT2D eigenvalue weighted by atomic mass is 10.7. The predicted molar refractivity (Wildman–Crippen MR) is 23.3 cm³/mol. The van der Waals surface area contributed by atoms with Crippen LogP contribution in [0.25, 0.3) is 0 Å². The van der Waals surface area contributed by atoms with E-state index in [-0.39, 0.29) is 0 Å². The molecule has 0 bridgehead atoms. The van der Waals surface area contributed by atoms with E-state index >= 15 is 0 Å². The summed E-state index contributed by atoms with van der Waals surface area (Å²) in [6.45, 7) is 2.39. The normalized spacial score (nSPS) is 8.12. The highest BCUT2D eigenvalue weighted by Gasteiger charge is 1.91. The maximum absolute atomic E-state index is 10.7. The monoisotopic (exact) mass is 120 g/mol. The highest BCUT2D eigenvalue weighted by Crippen LogP contribution is 1.79. The van der Waals surface area contributed by atoms with Crippen LogP contribution in [0.1, 0.15) is 0 Å². The van der Waals surface area contributed by atoms with Gasteiger partial charge in [0.2, 0.25) is 6.79 Å². The molecule has 0 saturated carbocycles. The Morgan fingerprint density at radius 3 is 2.88 bits per heavy atom. The summed E-state index contributed by atoms with van der Waals surface area (Å²) in [5, 5.41) is 0. The molecule has 8 heavy (non-hydrogen) atoms. The van der Waals surface area contributed by atoms with Crippen molar-refractivity contribution >= 4 is 5.97 Å². The van der Waals surface area contributed by atoms with E-state index in [0.29, 0.717) is 0 Å². The van der Waals surface area contributed by atoms with Crippen LogP contribution in [0.3, 0.4) is 0 Å². The molecule has 0 heterocycles. The molecule has 4 heteroatoms. The first-order valence-corrected chi connectivity index (χ1v) is 1.84. The fraction of sp³-hybridized carbons (Fsp3) is 0.250. The van der Waals surface area contributed by atoms with Crippen molar-refractivity contribution in [3.05, 3.63) is 12.7 Å². The van der Waals surface area contributed by atoms with Gasteiger partial charge in [-0.05, 0) is 4.53 Å². The first-order valence-electron chi connectivity index (χ1n) is 1.84. The van der Waals surface area contributed by atoms with Crippen molar-refractivity contribution in [1.82, 2.24) is 0 Å². The topological polar surface area (TPSA) is 35.5 Å². The van der Waals surface area contributed by atoms with E-state index in [1.165, 1.54) is 0 Å². The molecule has 0 unspecified atom stereocenters. The Labute approximate surface area is 45.6 Å². The standard InChI is InChI=1S/C4H5FO3/c1-2-4(6)7-3-8-5/h2H,1,3H2. The third kappa shape index (κ3) is 3.30. The molecule has 0 spiro atoms. The number of hydrogen-bond donors (Lipinski definition) is 0. The zero-order valence-electron chi connectivity index (χ0n) is 4.09. The molecule has 0 rings (SSSR count). The molecule has 0 atom stereocenters. The van der Waals surface area contributed by atoms with Crippen LogP contribution in [0.4, 0.5) is 4.53 Å². The van der Waals surface area contributed by atoms with E-state index in [9.17, 15) is 9.32 Å². The Hall–Kier alpha value is -0.900. The first-order chi connectivity index (χ1) is 3.81. The van der Waals surface area contributed by atoms with Crippen molar-refractivity contribution in [2.45, 2.75) is 0 Å². The van der Waals surface area contributed by atoms with Crippen LogP contribution < -0.4 is 0 Å². The molecule has 0 aliphatic carbocycles. The molecule has 0 aromatic heterocycles. The summed E-state index contributed by atoms with van der Waals surface area (Å²) in [4.78, 5) is 12.9. The highest BCUT2D eigenvalue weighted by atomic mass is 19.3. The molecule has 0 saturated heterocycles. The smallest absolute Gasteiger partial charge is 0.332 e. The van der Waals surface area contributed by atoms with Gasteiger partial charge in [-0.15, -0.1) is 0 Å². The van der Waals surface area contributed by atoms with Gasteiger partial charge in [0.15, 0.2) is 0 Å². The Morgan fingerprint density at radius 1 is 1.88 bits per heavy atom. The lowest BCUT2D eigenvalue weighted by Gasteiger charge is -1.92. The van der Waals surface area contributed by atoms with Gasteiger partial charge >= 0.3 is 5.97 Å². The molecule has 0 N–H and O–H groups in total. The second-order valence-electron chi connectivity index (χ2n) is 0.894. The molecule has 0 aliphatic rings. The van der Waals surface area contributed by atoms with Gasteiger partial charge in [0, 0.05) is 6.08 Å². The largest absolute Gasteiger partial charge is 0.432 e. The first kappa shape index (κ1) is 7.10. The number of halogens is 1. The summed E-state index contributed by atoms with van der Waals surface area (Å²) in [6, 6.07) is 0. The van der Waals surface area contributed by atoms with E-state index in [2.05, 4.69) is 16.3 Å². The molecular formula is C4H5FO3. The van der Waals surface area contributed by atoms with Crippen molar-refractivity contribution in [3.8, 4) is 0 Å². The minimum Gasteiger partial charge on any atom is -0.432 e. The lowest BCUT2D eigenvalue weighted by Crippen LogP contribution is -2.00. The van der Waals surface area contributed by atoms with Crippen LogP contribution in [0.5, 0.6) is 0 Å². The second-order valence-corrected chi connectivity index (χ2v) is 0.894. The number of esters is 1. The molecule has 0 aromatic carbocycles. The van der Waals surface area contributed by atoms with Gasteiger partial charge in [-0.1, -0.05) is 6.58 Å². The fourth-order valence-corrected chi connectivity index (χ4v) is 0.139. The third-order valence-corrected chi connectivity index (χ3v) is 0.412. The number of carbonyl (C=O) groups is 1. The van der Waals surface area contributed by atoms with E-state index < -0.39 is 12.8 Å². The van der Waals surface area contributed by atoms with Crippen molar-refractivity contribution in [3.63, 3.8) is 0 Å². The van der Waals surface area contributed by atoms with Crippen LogP contribution in [0.15, 0.2) is 12.7 Å². The minimum atomic E-state index is -0.706. The minimum absolute atomic E-state index is 0.676. The summed E-state index contributed by atoms with van der Waals surface area (Å²) >= 11 is 0. The summed E-state index contributed by atoms with van der Waals surface area (Å²) in [6.07, 6.45) is 0.916. The van der Waals surface area contributed by atoms with Gasteiger partial charge in [-0.3, -0.25) is 0 Å². The van der Waals surface area contributed by atoms with Crippen LogP contribution >= 0.6 is 0 Å². The number of rotatable bonds is 3. The van der Waals surface area contributed by atoms with Gasteiger partial charge in [0.1, 0.15) is 0 Å². The predicted octanol–water partition coefficient (Wildman–Crippen LogP) is 0.574. The Bertz CT molecular complexity index is 91.3. The molecule has 0 aromatic rings. The molecule has 0 radical (unpaired) electrons. The van der Waals surface area contributed by atoms with E-state index in [1.807, 2.05) is 0 Å².